The summed E-state index contributed by atoms with van der Waals surface area (Å²) in [6.07, 6.45) is 4.96. The SMILES string of the molecule is CS(C)(c1ccc2c(c1)c1cc(P(c3ccccc3)c3ccccc3)ccc1n2-c1ccccc1)c1ccc2c(c1)c1cc(P(c3ccccc3)c3ccccc3)ccc1n2-c1ccccc1. The number of nitrogens with zero attached hydrogens (tertiary/aromatic N) is 2. The van der Waals surface area contributed by atoms with Gasteiger partial charge >= 0.3 is 0 Å². The molecule has 67 heavy (non-hydrogen) atoms. The highest BCUT2D eigenvalue weighted by atomic mass is 32.3. The van der Waals surface area contributed by atoms with Gasteiger partial charge in [-0.15, -0.1) is 0 Å². The van der Waals surface area contributed by atoms with E-state index in [1.807, 2.05) is 0 Å². The van der Waals surface area contributed by atoms with Crippen molar-refractivity contribution in [3.05, 3.63) is 255 Å². The summed E-state index contributed by atoms with van der Waals surface area (Å²) in [7, 11) is -3.05. The first-order valence-electron chi connectivity index (χ1n) is 22.8. The van der Waals surface area contributed by atoms with Gasteiger partial charge in [0.25, 0.3) is 0 Å². The zero-order valence-electron chi connectivity index (χ0n) is 37.4. The molecule has 0 fully saturated rings. The van der Waals surface area contributed by atoms with Crippen LogP contribution in [0.3, 0.4) is 0 Å². The van der Waals surface area contributed by atoms with E-state index in [1.165, 1.54) is 96.6 Å². The molecule has 0 aliphatic heterocycles. The molecule has 2 heterocycles. The molecule has 0 amide bonds. The first-order valence-corrected chi connectivity index (χ1v) is 28.0. The van der Waals surface area contributed by atoms with E-state index in [2.05, 4.69) is 276 Å². The van der Waals surface area contributed by atoms with E-state index in [-0.39, 0.29) is 0 Å². The monoisotopic (exact) mass is 914 g/mol. The fourth-order valence-electron chi connectivity index (χ4n) is 9.94. The number of benzene rings is 10. The van der Waals surface area contributed by atoms with E-state index >= 15 is 0 Å². The van der Waals surface area contributed by atoms with E-state index in [9.17, 15) is 0 Å². The molecule has 0 aliphatic carbocycles. The van der Waals surface area contributed by atoms with Crippen molar-refractivity contribution in [1.29, 1.82) is 0 Å². The van der Waals surface area contributed by atoms with Gasteiger partial charge in [0.15, 0.2) is 0 Å². The third-order valence-corrected chi connectivity index (χ3v) is 20.9. The van der Waals surface area contributed by atoms with Crippen LogP contribution in [0.5, 0.6) is 0 Å². The molecule has 0 unspecified atom stereocenters. The second-order valence-electron chi connectivity index (χ2n) is 17.4. The lowest BCUT2D eigenvalue weighted by molar-refractivity contribution is 1.18. The van der Waals surface area contributed by atoms with Gasteiger partial charge in [-0.3, -0.25) is 0 Å². The van der Waals surface area contributed by atoms with Crippen molar-refractivity contribution in [3.8, 4) is 11.4 Å². The summed E-state index contributed by atoms with van der Waals surface area (Å²) in [5, 5.41) is 13.3. The van der Waals surface area contributed by atoms with E-state index < -0.39 is 25.9 Å². The molecule has 0 aliphatic rings. The Morgan fingerprint density at radius 3 is 0.851 bits per heavy atom. The lowest BCUT2D eigenvalue weighted by Crippen LogP contribution is -2.20. The maximum absolute atomic E-state index is 2.52. The third-order valence-electron chi connectivity index (χ3n) is 13.2. The molecule has 12 rings (SSSR count). The Balaban J connectivity index is 1.04. The Morgan fingerprint density at radius 2 is 0.537 bits per heavy atom. The van der Waals surface area contributed by atoms with Crippen LogP contribution in [-0.2, 0) is 0 Å². The molecule has 0 spiro atoms. The van der Waals surface area contributed by atoms with Gasteiger partial charge < -0.3 is 9.13 Å². The predicted molar refractivity (Wildman–Crippen MR) is 295 cm³/mol. The Labute approximate surface area is 396 Å². The minimum absolute atomic E-state index is 0.771. The highest BCUT2D eigenvalue weighted by Crippen LogP contribution is 2.58. The molecule has 0 atom stereocenters. The second-order valence-corrected chi connectivity index (χ2v) is 25.5. The summed E-state index contributed by atoms with van der Waals surface area (Å²) < 4.78 is 4.91. The van der Waals surface area contributed by atoms with E-state index in [0.717, 1.165) is 0 Å². The standard InChI is InChI=1S/C62H48N2P2S/c1-67(2,53-35-39-61-57(43-53)55-41-51(33-37-59(55)63(61)45-21-9-3-10-22-45)65(47-25-13-5-14-26-47)48-27-15-6-16-28-48)54-36-40-62-58(44-54)56-42-52(34-38-60(56)64(62)46-23-11-4-12-24-46)66(49-29-17-7-18-30-49)50-31-19-8-20-32-50/h3-44H,1-2H3. The lowest BCUT2D eigenvalue weighted by Gasteiger charge is -2.32. The van der Waals surface area contributed by atoms with Gasteiger partial charge in [0.1, 0.15) is 0 Å². The zero-order valence-corrected chi connectivity index (χ0v) is 40.1. The Hall–Kier alpha value is -6.99. The van der Waals surface area contributed by atoms with Gasteiger partial charge in [0.05, 0.1) is 22.1 Å². The molecule has 0 N–H and O–H groups in total. The smallest absolute Gasteiger partial charge is 0.0541 e. The Kier molecular flexibility index (Phi) is 10.7. The summed E-state index contributed by atoms with van der Waals surface area (Å²) in [4.78, 5) is 2.74. The van der Waals surface area contributed by atoms with Crippen LogP contribution in [0.2, 0.25) is 0 Å². The second kappa shape index (κ2) is 17.3. The fourth-order valence-corrected chi connectivity index (χ4v) is 16.5. The molecule has 322 valence electrons. The van der Waals surface area contributed by atoms with E-state index in [4.69, 9.17) is 0 Å². The van der Waals surface area contributed by atoms with Crippen molar-refractivity contribution in [2.24, 2.45) is 0 Å². The van der Waals surface area contributed by atoms with Crippen molar-refractivity contribution >= 4 is 101 Å². The third kappa shape index (κ3) is 7.40. The fraction of sp³-hybridized carbons (Fsp3) is 0.0323. The minimum atomic E-state index is -1.51. The van der Waals surface area contributed by atoms with Crippen LogP contribution < -0.4 is 31.8 Å². The highest BCUT2D eigenvalue weighted by Gasteiger charge is 2.25. The quantitative estimate of drug-likeness (QED) is 0.121. The Bertz CT molecular complexity index is 3380. The normalized spacial score (nSPS) is 12.2. The lowest BCUT2D eigenvalue weighted by atomic mass is 10.1. The van der Waals surface area contributed by atoms with Gasteiger partial charge in [0.2, 0.25) is 0 Å². The van der Waals surface area contributed by atoms with Gasteiger partial charge in [0, 0.05) is 32.9 Å². The molecule has 0 saturated carbocycles. The van der Waals surface area contributed by atoms with Crippen molar-refractivity contribution in [2.45, 2.75) is 9.79 Å². The highest BCUT2D eigenvalue weighted by molar-refractivity contribution is 8.32. The summed E-state index contributed by atoms with van der Waals surface area (Å²) in [6.45, 7) is 0. The van der Waals surface area contributed by atoms with Crippen molar-refractivity contribution in [1.82, 2.24) is 9.13 Å². The summed E-state index contributed by atoms with van der Waals surface area (Å²) >= 11 is 0. The van der Waals surface area contributed by atoms with Gasteiger partial charge in [-0.25, -0.2) is 0 Å². The van der Waals surface area contributed by atoms with Crippen molar-refractivity contribution in [3.63, 3.8) is 0 Å². The van der Waals surface area contributed by atoms with Crippen LogP contribution in [0, 0.1) is 0 Å². The summed E-state index contributed by atoms with van der Waals surface area (Å²) in [5.74, 6) is 0. The van der Waals surface area contributed by atoms with Gasteiger partial charge in [-0.2, -0.15) is 10.0 Å². The first kappa shape index (κ1) is 41.4. The topological polar surface area (TPSA) is 9.86 Å². The zero-order chi connectivity index (χ0) is 44.9. The molecule has 5 heteroatoms. The average Bonchev–Trinajstić information content (AvgIpc) is 3.90. The molecule has 0 bridgehead atoms. The van der Waals surface area contributed by atoms with E-state index in [1.54, 1.807) is 0 Å². The number of para-hydroxylation sites is 2. The molecule has 2 aromatic heterocycles. The Morgan fingerprint density at radius 1 is 0.269 bits per heavy atom. The van der Waals surface area contributed by atoms with Crippen LogP contribution in [0.4, 0.5) is 0 Å². The minimum Gasteiger partial charge on any atom is -0.309 e. The summed E-state index contributed by atoms with van der Waals surface area (Å²) in [5.41, 5.74) is 7.24. The van der Waals surface area contributed by atoms with Crippen LogP contribution in [0.25, 0.3) is 55.0 Å². The van der Waals surface area contributed by atoms with Crippen molar-refractivity contribution in [2.75, 3.05) is 12.5 Å². The van der Waals surface area contributed by atoms with Gasteiger partial charge in [-0.1, -0.05) is 170 Å². The number of rotatable bonds is 10. The molecular formula is C62H48N2P2S. The largest absolute Gasteiger partial charge is 0.309 e. The van der Waals surface area contributed by atoms with Crippen LogP contribution in [-0.4, -0.2) is 21.6 Å². The maximum Gasteiger partial charge on any atom is 0.0541 e. The number of fused-ring (bicyclic) bond motifs is 6. The van der Waals surface area contributed by atoms with Crippen LogP contribution in [0.15, 0.2) is 265 Å². The average molecular weight is 915 g/mol. The van der Waals surface area contributed by atoms with Gasteiger partial charge in [-0.05, 0) is 155 Å². The molecular weight excluding hydrogens is 867 g/mol. The maximum atomic E-state index is 2.52. The number of aromatic nitrogens is 2. The van der Waals surface area contributed by atoms with E-state index in [0.29, 0.717) is 0 Å². The molecule has 12 aromatic rings. The van der Waals surface area contributed by atoms with Crippen LogP contribution >= 0.6 is 25.9 Å². The van der Waals surface area contributed by atoms with Crippen LogP contribution in [0.1, 0.15) is 0 Å². The molecule has 0 saturated heterocycles. The molecule has 10 aromatic carbocycles. The van der Waals surface area contributed by atoms with Crippen molar-refractivity contribution < 1.29 is 0 Å². The molecule has 0 radical (unpaired) electrons. The number of hydrogen-bond donors (Lipinski definition) is 0. The molecule has 2 nitrogen and oxygen atoms in total. The first-order chi connectivity index (χ1) is 33.0. The number of hydrogen-bond acceptors (Lipinski definition) is 0. The summed E-state index contributed by atoms with van der Waals surface area (Å²) in [6, 6.07) is 95.0. The predicted octanol–water partition coefficient (Wildman–Crippen LogP) is 13.9.